The van der Waals surface area contributed by atoms with E-state index in [0.717, 1.165) is 0 Å². The molecule has 20 heavy (non-hydrogen) atoms. The molecule has 0 radical (unpaired) electrons. The molecule has 0 bridgehead atoms. The van der Waals surface area contributed by atoms with Crippen molar-refractivity contribution in [1.29, 1.82) is 0 Å². The quantitative estimate of drug-likeness (QED) is 0.491. The molecular weight excluding hydrogens is 280 g/mol. The lowest BCUT2D eigenvalue weighted by atomic mass is 10.1. The summed E-state index contributed by atoms with van der Waals surface area (Å²) in [7, 11) is 2.91. The Kier molecular flexibility index (Phi) is 4.15. The largest absolute Gasteiger partial charge is 0.493 e. The second kappa shape index (κ2) is 5.84. The van der Waals surface area contributed by atoms with Crippen molar-refractivity contribution in [3.8, 4) is 0 Å². The summed E-state index contributed by atoms with van der Waals surface area (Å²) in [4.78, 5) is 12.0. The first-order chi connectivity index (χ1) is 9.58. The number of ether oxygens (including phenoxy) is 2. The number of para-hydroxylation sites is 1. The van der Waals surface area contributed by atoms with Crippen LogP contribution < -0.4 is 5.63 Å². The lowest BCUT2D eigenvalue weighted by Crippen LogP contribution is -2.06. The van der Waals surface area contributed by atoms with E-state index in [1.165, 1.54) is 20.3 Å². The molecule has 0 aliphatic rings. The first-order valence-electron chi connectivity index (χ1n) is 5.78. The fourth-order valence-electron chi connectivity index (χ4n) is 1.73. The number of fused-ring (bicyclic) bond motifs is 1. The summed E-state index contributed by atoms with van der Waals surface area (Å²) in [6.45, 7) is 3.67. The molecule has 0 atom stereocenters. The van der Waals surface area contributed by atoms with Gasteiger partial charge < -0.3 is 13.9 Å². The summed E-state index contributed by atoms with van der Waals surface area (Å²) >= 11 is 6.27. The molecule has 1 heterocycles. The molecule has 0 aliphatic carbocycles. The van der Waals surface area contributed by atoms with E-state index in [0.29, 0.717) is 21.8 Å². The van der Waals surface area contributed by atoms with E-state index in [-0.39, 0.29) is 11.3 Å². The summed E-state index contributed by atoms with van der Waals surface area (Å²) in [6, 6.07) is 7.04. The van der Waals surface area contributed by atoms with Gasteiger partial charge in [0, 0.05) is 11.5 Å². The highest BCUT2D eigenvalue weighted by molar-refractivity contribution is 6.36. The second-order valence-corrected chi connectivity index (χ2v) is 4.33. The van der Waals surface area contributed by atoms with Gasteiger partial charge in [0.15, 0.2) is 11.5 Å². The maximum atomic E-state index is 12.0. The summed E-state index contributed by atoms with van der Waals surface area (Å²) in [6.07, 6.45) is 1.45. The lowest BCUT2D eigenvalue weighted by Gasteiger charge is -2.08. The van der Waals surface area contributed by atoms with Crippen molar-refractivity contribution < 1.29 is 13.9 Å². The van der Waals surface area contributed by atoms with Gasteiger partial charge in [0.1, 0.15) is 5.58 Å². The van der Waals surface area contributed by atoms with E-state index in [4.69, 9.17) is 25.5 Å². The summed E-state index contributed by atoms with van der Waals surface area (Å²) < 4.78 is 15.3. The first-order valence-corrected chi connectivity index (χ1v) is 6.16. The van der Waals surface area contributed by atoms with Crippen LogP contribution in [0.1, 0.15) is 5.56 Å². The number of hydrogen-bond acceptors (Lipinski definition) is 4. The Balaban J connectivity index is 2.69. The van der Waals surface area contributed by atoms with Crippen LogP contribution in [0.4, 0.5) is 0 Å². The van der Waals surface area contributed by atoms with Gasteiger partial charge in [-0.2, -0.15) is 0 Å². The van der Waals surface area contributed by atoms with Gasteiger partial charge in [0.05, 0.1) is 24.8 Å². The minimum absolute atomic E-state index is 0.195. The predicted octanol–water partition coefficient (Wildman–Crippen LogP) is 3.59. The third kappa shape index (κ3) is 2.56. The molecular formula is C15H13ClO4. The highest BCUT2D eigenvalue weighted by atomic mass is 35.5. The third-order valence-corrected chi connectivity index (χ3v) is 3.21. The number of hydrogen-bond donors (Lipinski definition) is 0. The number of halogens is 1. The standard InChI is InChI=1S/C15H13ClO4/c1-9(18-2)13(19-3)8-11-14(16)10-6-4-5-7-12(10)20-15(11)17/h4-8H,1H2,2-3H3/b13-8+. The van der Waals surface area contributed by atoms with Crippen molar-refractivity contribution in [3.05, 3.63) is 63.4 Å². The molecule has 0 N–H and O–H groups in total. The predicted molar refractivity (Wildman–Crippen MR) is 78.6 cm³/mol. The van der Waals surface area contributed by atoms with Crippen LogP contribution in [0, 0.1) is 0 Å². The molecule has 0 amide bonds. The SMILES string of the molecule is C=C(OC)/C(=C\c1c(Cl)c2ccccc2oc1=O)OC. The minimum Gasteiger partial charge on any atom is -0.493 e. The molecule has 0 spiro atoms. The van der Waals surface area contributed by atoms with E-state index in [2.05, 4.69) is 6.58 Å². The number of rotatable bonds is 4. The molecule has 1 aromatic heterocycles. The normalized spacial score (nSPS) is 11.4. The van der Waals surface area contributed by atoms with Crippen molar-refractivity contribution >= 4 is 28.6 Å². The number of benzene rings is 1. The van der Waals surface area contributed by atoms with Gasteiger partial charge in [0.25, 0.3) is 0 Å². The minimum atomic E-state index is -0.549. The van der Waals surface area contributed by atoms with Crippen LogP contribution in [0.3, 0.4) is 0 Å². The van der Waals surface area contributed by atoms with Gasteiger partial charge >= 0.3 is 5.63 Å². The molecule has 0 fully saturated rings. The van der Waals surface area contributed by atoms with Crippen LogP contribution in [-0.4, -0.2) is 14.2 Å². The van der Waals surface area contributed by atoms with Crippen molar-refractivity contribution in [2.24, 2.45) is 0 Å². The zero-order chi connectivity index (χ0) is 14.7. The Labute approximate surface area is 120 Å². The van der Waals surface area contributed by atoms with Gasteiger partial charge in [-0.1, -0.05) is 30.3 Å². The summed E-state index contributed by atoms with van der Waals surface area (Å²) in [5, 5.41) is 0.953. The van der Waals surface area contributed by atoms with Crippen molar-refractivity contribution in [1.82, 2.24) is 0 Å². The highest BCUT2D eigenvalue weighted by Gasteiger charge is 2.13. The lowest BCUT2D eigenvalue weighted by molar-refractivity contribution is 0.224. The monoisotopic (exact) mass is 292 g/mol. The van der Waals surface area contributed by atoms with Crippen LogP contribution in [0.15, 0.2) is 51.6 Å². The van der Waals surface area contributed by atoms with E-state index < -0.39 is 5.63 Å². The van der Waals surface area contributed by atoms with Gasteiger partial charge in [-0.15, -0.1) is 0 Å². The topological polar surface area (TPSA) is 48.7 Å². The Morgan fingerprint density at radius 3 is 2.65 bits per heavy atom. The van der Waals surface area contributed by atoms with E-state index in [1.807, 2.05) is 6.07 Å². The fraction of sp³-hybridized carbons (Fsp3) is 0.133. The van der Waals surface area contributed by atoms with Crippen LogP contribution in [0.5, 0.6) is 0 Å². The third-order valence-electron chi connectivity index (χ3n) is 2.80. The van der Waals surface area contributed by atoms with Crippen LogP contribution in [0.25, 0.3) is 17.0 Å². The van der Waals surface area contributed by atoms with Gasteiger partial charge in [-0.3, -0.25) is 0 Å². The zero-order valence-corrected chi connectivity index (χ0v) is 11.9. The fourth-order valence-corrected chi connectivity index (χ4v) is 2.02. The highest BCUT2D eigenvalue weighted by Crippen LogP contribution is 2.27. The number of methoxy groups -OCH3 is 2. The Hall–Kier alpha value is -2.20. The molecule has 4 nitrogen and oxygen atoms in total. The van der Waals surface area contributed by atoms with Gasteiger partial charge in [-0.05, 0) is 12.1 Å². The van der Waals surface area contributed by atoms with Gasteiger partial charge in [0.2, 0.25) is 0 Å². The van der Waals surface area contributed by atoms with E-state index in [9.17, 15) is 4.79 Å². The summed E-state index contributed by atoms with van der Waals surface area (Å²) in [5.41, 5.74) is 0.0803. The molecule has 0 saturated carbocycles. The van der Waals surface area contributed by atoms with Crippen molar-refractivity contribution in [2.75, 3.05) is 14.2 Å². The van der Waals surface area contributed by atoms with Crippen LogP contribution >= 0.6 is 11.6 Å². The molecule has 0 unspecified atom stereocenters. The average Bonchev–Trinajstić information content (AvgIpc) is 2.46. The Morgan fingerprint density at radius 1 is 1.30 bits per heavy atom. The molecule has 2 aromatic rings. The zero-order valence-electron chi connectivity index (χ0n) is 11.1. The molecule has 1 aromatic carbocycles. The Bertz CT molecular complexity index is 743. The van der Waals surface area contributed by atoms with Crippen molar-refractivity contribution in [3.63, 3.8) is 0 Å². The first kappa shape index (κ1) is 14.2. The molecule has 0 saturated heterocycles. The van der Waals surface area contributed by atoms with E-state index in [1.54, 1.807) is 18.2 Å². The Morgan fingerprint density at radius 2 is 2.00 bits per heavy atom. The average molecular weight is 293 g/mol. The maximum Gasteiger partial charge on any atom is 0.345 e. The molecule has 5 heteroatoms. The maximum absolute atomic E-state index is 12.0. The van der Waals surface area contributed by atoms with Crippen LogP contribution in [-0.2, 0) is 9.47 Å². The molecule has 104 valence electrons. The van der Waals surface area contributed by atoms with Gasteiger partial charge in [-0.25, -0.2) is 4.79 Å². The van der Waals surface area contributed by atoms with Crippen LogP contribution in [0.2, 0.25) is 5.02 Å². The molecule has 2 rings (SSSR count). The molecule has 0 aliphatic heterocycles. The second-order valence-electron chi connectivity index (χ2n) is 3.95. The van der Waals surface area contributed by atoms with E-state index >= 15 is 0 Å². The smallest absolute Gasteiger partial charge is 0.345 e. The van der Waals surface area contributed by atoms with Crippen molar-refractivity contribution in [2.45, 2.75) is 0 Å². The summed E-state index contributed by atoms with van der Waals surface area (Å²) in [5.74, 6) is 0.591.